The van der Waals surface area contributed by atoms with Crippen molar-refractivity contribution in [2.45, 2.75) is 19.9 Å². The van der Waals surface area contributed by atoms with Crippen molar-refractivity contribution in [2.75, 3.05) is 4.72 Å². The third kappa shape index (κ3) is 4.03. The van der Waals surface area contributed by atoms with E-state index < -0.39 is 10.2 Å². The first kappa shape index (κ1) is 12.2. The van der Waals surface area contributed by atoms with Gasteiger partial charge in [-0.1, -0.05) is 11.6 Å². The van der Waals surface area contributed by atoms with Crippen molar-refractivity contribution in [1.29, 1.82) is 0 Å². The molecule has 84 valence electrons. The predicted molar refractivity (Wildman–Crippen MR) is 60.1 cm³/mol. The highest BCUT2D eigenvalue weighted by Crippen LogP contribution is 2.19. The van der Waals surface area contributed by atoms with Crippen molar-refractivity contribution < 1.29 is 8.42 Å². The van der Waals surface area contributed by atoms with Crippen LogP contribution in [0.2, 0.25) is 5.02 Å². The van der Waals surface area contributed by atoms with Gasteiger partial charge >= 0.3 is 0 Å². The third-order valence-electron chi connectivity index (χ3n) is 1.40. The van der Waals surface area contributed by atoms with Crippen LogP contribution in [0.5, 0.6) is 0 Å². The van der Waals surface area contributed by atoms with Gasteiger partial charge in [0, 0.05) is 12.2 Å². The van der Waals surface area contributed by atoms with Crippen LogP contribution >= 0.6 is 11.6 Å². The predicted octanol–water partition coefficient (Wildman–Crippen LogP) is 1.39. The third-order valence-corrected chi connectivity index (χ3v) is 3.00. The lowest BCUT2D eigenvalue weighted by molar-refractivity contribution is 0.575. The van der Waals surface area contributed by atoms with E-state index in [0.29, 0.717) is 5.02 Å². The molecule has 0 aliphatic carbocycles. The number of halogens is 1. The SMILES string of the molecule is CC(C)NS(=O)(=O)Nc1cnccc1Cl. The summed E-state index contributed by atoms with van der Waals surface area (Å²) in [5.74, 6) is 0. The maximum absolute atomic E-state index is 11.5. The highest BCUT2D eigenvalue weighted by molar-refractivity contribution is 7.90. The average molecular weight is 250 g/mol. The van der Waals surface area contributed by atoms with E-state index in [4.69, 9.17) is 11.6 Å². The second kappa shape index (κ2) is 4.78. The number of hydrogen-bond donors (Lipinski definition) is 2. The Kier molecular flexibility index (Phi) is 3.90. The molecule has 5 nitrogen and oxygen atoms in total. The Labute approximate surface area is 94.0 Å². The molecule has 0 fully saturated rings. The molecule has 1 aromatic rings. The first-order valence-electron chi connectivity index (χ1n) is 4.30. The molecular formula is C8H12ClN3O2S. The number of rotatable bonds is 4. The Morgan fingerprint density at radius 1 is 1.47 bits per heavy atom. The standard InChI is InChI=1S/C8H12ClN3O2S/c1-6(2)11-15(13,14)12-8-5-10-4-3-7(8)9/h3-6,11-12H,1-2H3. The molecule has 0 spiro atoms. The number of hydrogen-bond acceptors (Lipinski definition) is 3. The first-order chi connectivity index (χ1) is 6.91. The number of nitrogens with zero attached hydrogens (tertiary/aromatic N) is 1. The highest BCUT2D eigenvalue weighted by Gasteiger charge is 2.12. The van der Waals surface area contributed by atoms with E-state index in [9.17, 15) is 8.42 Å². The van der Waals surface area contributed by atoms with E-state index in [-0.39, 0.29) is 11.7 Å². The Morgan fingerprint density at radius 3 is 2.67 bits per heavy atom. The summed E-state index contributed by atoms with van der Waals surface area (Å²) in [6, 6.07) is 1.33. The summed E-state index contributed by atoms with van der Waals surface area (Å²) in [4.78, 5) is 3.77. The van der Waals surface area contributed by atoms with E-state index in [0.717, 1.165) is 0 Å². The van der Waals surface area contributed by atoms with Crippen molar-refractivity contribution in [3.05, 3.63) is 23.5 Å². The molecule has 1 rings (SSSR count). The molecule has 0 aliphatic heterocycles. The van der Waals surface area contributed by atoms with Crippen molar-refractivity contribution >= 4 is 27.5 Å². The molecule has 0 saturated heterocycles. The van der Waals surface area contributed by atoms with Gasteiger partial charge in [-0.05, 0) is 19.9 Å². The van der Waals surface area contributed by atoms with Gasteiger partial charge in [0.25, 0.3) is 10.2 Å². The second-order valence-electron chi connectivity index (χ2n) is 3.23. The number of aromatic nitrogens is 1. The molecule has 2 N–H and O–H groups in total. The summed E-state index contributed by atoms with van der Waals surface area (Å²) in [6.45, 7) is 3.45. The molecule has 1 aromatic heterocycles. The summed E-state index contributed by atoms with van der Waals surface area (Å²) < 4.78 is 27.6. The normalized spacial score (nSPS) is 11.7. The van der Waals surface area contributed by atoms with E-state index >= 15 is 0 Å². The van der Waals surface area contributed by atoms with Gasteiger partial charge in [-0.25, -0.2) is 0 Å². The summed E-state index contributed by atoms with van der Waals surface area (Å²) in [7, 11) is -3.58. The van der Waals surface area contributed by atoms with Gasteiger partial charge in [0.1, 0.15) is 0 Å². The van der Waals surface area contributed by atoms with Crippen LogP contribution in [0.3, 0.4) is 0 Å². The molecule has 0 atom stereocenters. The van der Waals surface area contributed by atoms with Crippen LogP contribution in [-0.4, -0.2) is 19.4 Å². The molecular weight excluding hydrogens is 238 g/mol. The fourth-order valence-corrected chi connectivity index (χ4v) is 2.28. The highest BCUT2D eigenvalue weighted by atomic mass is 35.5. The van der Waals surface area contributed by atoms with Crippen molar-refractivity contribution in [3.63, 3.8) is 0 Å². The summed E-state index contributed by atoms with van der Waals surface area (Å²) >= 11 is 5.77. The van der Waals surface area contributed by atoms with Crippen molar-refractivity contribution in [3.8, 4) is 0 Å². The van der Waals surface area contributed by atoms with E-state index in [1.165, 1.54) is 18.5 Å². The zero-order chi connectivity index (χ0) is 11.5. The summed E-state index contributed by atoms with van der Waals surface area (Å²) in [5.41, 5.74) is 0.257. The summed E-state index contributed by atoms with van der Waals surface area (Å²) in [5, 5.41) is 0.305. The Hall–Kier alpha value is -0.850. The monoisotopic (exact) mass is 249 g/mol. The maximum Gasteiger partial charge on any atom is 0.299 e. The fourth-order valence-electron chi connectivity index (χ4n) is 0.937. The summed E-state index contributed by atoms with van der Waals surface area (Å²) in [6.07, 6.45) is 2.83. The minimum Gasteiger partial charge on any atom is -0.268 e. The van der Waals surface area contributed by atoms with Crippen LogP contribution in [0.15, 0.2) is 18.5 Å². The zero-order valence-electron chi connectivity index (χ0n) is 8.36. The van der Waals surface area contributed by atoms with Gasteiger partial charge in [0.2, 0.25) is 0 Å². The largest absolute Gasteiger partial charge is 0.299 e. The second-order valence-corrected chi connectivity index (χ2v) is 5.09. The molecule has 1 heterocycles. The quantitative estimate of drug-likeness (QED) is 0.847. The first-order valence-corrected chi connectivity index (χ1v) is 6.16. The molecule has 15 heavy (non-hydrogen) atoms. The van der Waals surface area contributed by atoms with E-state index in [1.807, 2.05) is 0 Å². The van der Waals surface area contributed by atoms with Gasteiger partial charge < -0.3 is 0 Å². The van der Waals surface area contributed by atoms with Crippen LogP contribution in [0.4, 0.5) is 5.69 Å². The minimum atomic E-state index is -3.58. The molecule has 0 unspecified atom stereocenters. The van der Waals surface area contributed by atoms with Crippen LogP contribution < -0.4 is 9.44 Å². The average Bonchev–Trinajstić information content (AvgIpc) is 2.06. The maximum atomic E-state index is 11.5. The lowest BCUT2D eigenvalue weighted by Crippen LogP contribution is -2.35. The molecule has 0 aliphatic rings. The van der Waals surface area contributed by atoms with Crippen LogP contribution in [-0.2, 0) is 10.2 Å². The van der Waals surface area contributed by atoms with Gasteiger partial charge in [0.15, 0.2) is 0 Å². The molecule has 0 bridgehead atoms. The molecule has 7 heteroatoms. The Balaban J connectivity index is 2.83. The van der Waals surface area contributed by atoms with Crippen LogP contribution in [0.1, 0.15) is 13.8 Å². The fraction of sp³-hybridized carbons (Fsp3) is 0.375. The smallest absolute Gasteiger partial charge is 0.268 e. The molecule has 0 amide bonds. The van der Waals surface area contributed by atoms with Gasteiger partial charge in [-0.15, -0.1) is 0 Å². The van der Waals surface area contributed by atoms with Crippen molar-refractivity contribution in [2.24, 2.45) is 0 Å². The van der Waals surface area contributed by atoms with Crippen LogP contribution in [0, 0.1) is 0 Å². The van der Waals surface area contributed by atoms with Gasteiger partial charge in [-0.2, -0.15) is 13.1 Å². The Morgan fingerprint density at radius 2 is 2.13 bits per heavy atom. The van der Waals surface area contributed by atoms with Gasteiger partial charge in [-0.3, -0.25) is 9.71 Å². The number of nitrogens with one attached hydrogen (secondary N) is 2. The lowest BCUT2D eigenvalue weighted by atomic mass is 10.4. The van der Waals surface area contributed by atoms with Crippen LogP contribution in [0.25, 0.3) is 0 Å². The minimum absolute atomic E-state index is 0.182. The zero-order valence-corrected chi connectivity index (χ0v) is 9.93. The van der Waals surface area contributed by atoms with E-state index in [1.54, 1.807) is 13.8 Å². The van der Waals surface area contributed by atoms with Crippen molar-refractivity contribution in [1.82, 2.24) is 9.71 Å². The topological polar surface area (TPSA) is 71.1 Å². The molecule has 0 radical (unpaired) electrons. The number of pyridine rings is 1. The Bertz CT molecular complexity index is 433. The van der Waals surface area contributed by atoms with E-state index in [2.05, 4.69) is 14.4 Å². The lowest BCUT2D eigenvalue weighted by Gasteiger charge is -2.11. The molecule has 0 saturated carbocycles. The van der Waals surface area contributed by atoms with Gasteiger partial charge in [0.05, 0.1) is 16.9 Å². The number of anilines is 1. The molecule has 0 aromatic carbocycles.